The van der Waals surface area contributed by atoms with Gasteiger partial charge in [0.25, 0.3) is 5.56 Å². The van der Waals surface area contributed by atoms with Gasteiger partial charge in [-0.3, -0.25) is 14.2 Å². The third-order valence-electron chi connectivity index (χ3n) is 4.64. The van der Waals surface area contributed by atoms with Crippen molar-refractivity contribution in [2.24, 2.45) is 0 Å². The molecular formula is C20H20N4O4S. The number of hydrogen-bond acceptors (Lipinski definition) is 7. The summed E-state index contributed by atoms with van der Waals surface area (Å²) in [6, 6.07) is 10.5. The van der Waals surface area contributed by atoms with Crippen LogP contribution < -0.4 is 15.6 Å². The predicted octanol–water partition coefficient (Wildman–Crippen LogP) is 2.57. The molecule has 0 fully saturated rings. The lowest BCUT2D eigenvalue weighted by Crippen LogP contribution is -2.30. The van der Waals surface area contributed by atoms with Crippen LogP contribution in [-0.4, -0.2) is 33.5 Å². The lowest BCUT2D eigenvalue weighted by Gasteiger charge is -2.12. The minimum absolute atomic E-state index is 0.115. The molecule has 1 aliphatic rings. The van der Waals surface area contributed by atoms with Gasteiger partial charge in [-0.05, 0) is 31.2 Å². The maximum Gasteiger partial charge on any atom is 0.254 e. The van der Waals surface area contributed by atoms with Crippen molar-refractivity contribution in [3.63, 3.8) is 0 Å². The molecule has 1 atom stereocenters. The number of aryl methyl sites for hydroxylation is 1. The monoisotopic (exact) mass is 412 g/mol. The van der Waals surface area contributed by atoms with Crippen molar-refractivity contribution >= 4 is 17.7 Å². The fraction of sp³-hybridized carbons (Fsp3) is 0.300. The van der Waals surface area contributed by atoms with Crippen LogP contribution in [0.4, 0.5) is 0 Å². The Kier molecular flexibility index (Phi) is 5.39. The van der Waals surface area contributed by atoms with E-state index in [1.54, 1.807) is 24.7 Å². The smallest absolute Gasteiger partial charge is 0.254 e. The summed E-state index contributed by atoms with van der Waals surface area (Å²) in [6.45, 7) is 2.05. The van der Waals surface area contributed by atoms with Crippen molar-refractivity contribution in [2.75, 3.05) is 12.9 Å². The van der Waals surface area contributed by atoms with Gasteiger partial charge in [0.2, 0.25) is 5.91 Å². The summed E-state index contributed by atoms with van der Waals surface area (Å²) < 4.78 is 12.1. The zero-order valence-electron chi connectivity index (χ0n) is 16.0. The summed E-state index contributed by atoms with van der Waals surface area (Å²) in [6.07, 6.45) is 0.216. The van der Waals surface area contributed by atoms with Crippen molar-refractivity contribution in [1.82, 2.24) is 20.0 Å². The van der Waals surface area contributed by atoms with Gasteiger partial charge >= 0.3 is 0 Å². The number of nitrogens with zero attached hydrogens (tertiary/aromatic N) is 3. The second-order valence-electron chi connectivity index (χ2n) is 6.75. The predicted molar refractivity (Wildman–Crippen MR) is 108 cm³/mol. The Balaban J connectivity index is 1.35. The standard InChI is InChI=1S/C20H20N4O4S/c1-12-7-19(26)24-15(11-29-20(24)22-12)9-18(25)21-10-14-8-17(28-23-14)13-3-5-16(27-2)6-4-13/h3-8,15H,9-11H2,1-2H3,(H,21,25). The first-order valence-electron chi connectivity index (χ1n) is 9.13. The average molecular weight is 412 g/mol. The van der Waals surface area contributed by atoms with Crippen molar-refractivity contribution < 1.29 is 14.1 Å². The van der Waals surface area contributed by atoms with Gasteiger partial charge in [-0.15, -0.1) is 0 Å². The van der Waals surface area contributed by atoms with Gasteiger partial charge in [-0.2, -0.15) is 0 Å². The first-order valence-corrected chi connectivity index (χ1v) is 10.1. The summed E-state index contributed by atoms with van der Waals surface area (Å²) in [5, 5.41) is 7.53. The van der Waals surface area contributed by atoms with Crippen LogP contribution in [0.3, 0.4) is 0 Å². The normalized spacial score (nSPS) is 15.2. The number of carbonyl (C=O) groups is 1. The van der Waals surface area contributed by atoms with Crippen molar-refractivity contribution in [2.45, 2.75) is 31.1 Å². The molecule has 3 heterocycles. The Bertz CT molecular complexity index is 1090. The van der Waals surface area contributed by atoms with E-state index in [9.17, 15) is 9.59 Å². The van der Waals surface area contributed by atoms with Crippen molar-refractivity contribution in [3.05, 3.63) is 58.1 Å². The summed E-state index contributed by atoms with van der Waals surface area (Å²) >= 11 is 1.50. The SMILES string of the molecule is COc1ccc(-c2cc(CNC(=O)CC3CSc4nc(C)cc(=O)n43)no2)cc1. The van der Waals surface area contributed by atoms with Gasteiger partial charge in [-0.25, -0.2) is 4.98 Å². The minimum Gasteiger partial charge on any atom is -0.497 e. The third-order valence-corrected chi connectivity index (χ3v) is 5.74. The molecule has 2 aromatic heterocycles. The fourth-order valence-electron chi connectivity index (χ4n) is 3.17. The lowest BCUT2D eigenvalue weighted by molar-refractivity contribution is -0.121. The van der Waals surface area contributed by atoms with Crippen LogP contribution in [0.25, 0.3) is 11.3 Å². The highest BCUT2D eigenvalue weighted by molar-refractivity contribution is 7.99. The molecule has 9 heteroatoms. The fourth-order valence-corrected chi connectivity index (χ4v) is 4.37. The molecular weight excluding hydrogens is 392 g/mol. The molecule has 1 amide bonds. The molecule has 0 bridgehead atoms. The maximum atomic E-state index is 12.4. The molecule has 0 saturated heterocycles. The molecule has 8 nitrogen and oxygen atoms in total. The van der Waals surface area contributed by atoms with Gasteiger partial charge in [0.15, 0.2) is 10.9 Å². The van der Waals surface area contributed by atoms with Crippen LogP contribution in [0.15, 0.2) is 50.9 Å². The Morgan fingerprint density at radius 3 is 2.90 bits per heavy atom. The largest absolute Gasteiger partial charge is 0.497 e. The van der Waals surface area contributed by atoms with Crippen molar-refractivity contribution in [1.29, 1.82) is 0 Å². The number of benzene rings is 1. The summed E-state index contributed by atoms with van der Waals surface area (Å²) in [7, 11) is 1.61. The highest BCUT2D eigenvalue weighted by Gasteiger charge is 2.27. The van der Waals surface area contributed by atoms with E-state index in [1.165, 1.54) is 17.8 Å². The van der Waals surface area contributed by atoms with Crippen molar-refractivity contribution in [3.8, 4) is 17.1 Å². The maximum absolute atomic E-state index is 12.4. The number of amides is 1. The lowest BCUT2D eigenvalue weighted by atomic mass is 10.1. The highest BCUT2D eigenvalue weighted by Crippen LogP contribution is 2.31. The van der Waals surface area contributed by atoms with E-state index in [0.717, 1.165) is 11.3 Å². The number of nitrogens with one attached hydrogen (secondary N) is 1. The van der Waals surface area contributed by atoms with E-state index in [2.05, 4.69) is 15.5 Å². The second kappa shape index (κ2) is 8.12. The first kappa shape index (κ1) is 19.3. The molecule has 0 spiro atoms. The first-order chi connectivity index (χ1) is 14.0. The van der Waals surface area contributed by atoms with Gasteiger partial charge < -0.3 is 14.6 Å². The Labute approximate surface area is 171 Å². The van der Waals surface area contributed by atoms with Crippen LogP contribution in [0.5, 0.6) is 5.75 Å². The molecule has 1 unspecified atom stereocenters. The molecule has 3 aromatic rings. The molecule has 0 saturated carbocycles. The van der Waals surface area contributed by atoms with E-state index in [0.29, 0.717) is 28.1 Å². The summed E-state index contributed by atoms with van der Waals surface area (Å²) in [4.78, 5) is 29.0. The second-order valence-corrected chi connectivity index (χ2v) is 7.73. The number of thioether (sulfide) groups is 1. The zero-order chi connectivity index (χ0) is 20.4. The molecule has 1 aliphatic heterocycles. The Morgan fingerprint density at radius 1 is 1.34 bits per heavy atom. The number of carbonyl (C=O) groups excluding carboxylic acids is 1. The summed E-state index contributed by atoms with van der Waals surface area (Å²) in [5.74, 6) is 1.89. The average Bonchev–Trinajstić information content (AvgIpc) is 3.34. The molecule has 0 radical (unpaired) electrons. The number of rotatable bonds is 6. The third kappa shape index (κ3) is 4.19. The van der Waals surface area contributed by atoms with Crippen LogP contribution in [-0.2, 0) is 11.3 Å². The summed E-state index contributed by atoms with van der Waals surface area (Å²) in [5.41, 5.74) is 2.07. The quantitative estimate of drug-likeness (QED) is 0.621. The van der Waals surface area contributed by atoms with Crippen LogP contribution >= 0.6 is 11.8 Å². The minimum atomic E-state index is -0.192. The van der Waals surface area contributed by atoms with Crippen LogP contribution in [0.2, 0.25) is 0 Å². The molecule has 150 valence electrons. The van der Waals surface area contributed by atoms with Gasteiger partial charge in [0, 0.05) is 35.6 Å². The van der Waals surface area contributed by atoms with Crippen LogP contribution in [0.1, 0.15) is 23.9 Å². The Morgan fingerprint density at radius 2 is 2.14 bits per heavy atom. The highest BCUT2D eigenvalue weighted by atomic mass is 32.2. The number of ether oxygens (including phenoxy) is 1. The van der Waals surface area contributed by atoms with Gasteiger partial charge in [-0.1, -0.05) is 16.9 Å². The zero-order valence-corrected chi connectivity index (χ0v) is 16.9. The number of aromatic nitrogens is 3. The Hall–Kier alpha value is -3.07. The number of fused-ring (bicyclic) bond motifs is 1. The molecule has 0 aliphatic carbocycles. The molecule has 4 rings (SSSR count). The molecule has 29 heavy (non-hydrogen) atoms. The molecule has 1 N–H and O–H groups in total. The van der Waals surface area contributed by atoms with E-state index in [1.807, 2.05) is 24.3 Å². The van der Waals surface area contributed by atoms with Crippen LogP contribution in [0, 0.1) is 6.92 Å². The molecule has 1 aromatic carbocycles. The topological polar surface area (TPSA) is 99.2 Å². The van der Waals surface area contributed by atoms with E-state index >= 15 is 0 Å². The van der Waals surface area contributed by atoms with E-state index in [-0.39, 0.29) is 30.5 Å². The van der Waals surface area contributed by atoms with E-state index in [4.69, 9.17) is 9.26 Å². The number of methoxy groups -OCH3 is 1. The van der Waals surface area contributed by atoms with E-state index < -0.39 is 0 Å². The van der Waals surface area contributed by atoms with Gasteiger partial charge in [0.1, 0.15) is 11.4 Å². The number of hydrogen-bond donors (Lipinski definition) is 1. The van der Waals surface area contributed by atoms with Gasteiger partial charge in [0.05, 0.1) is 19.7 Å².